The van der Waals surface area contributed by atoms with Gasteiger partial charge in [-0.25, -0.2) is 0 Å². The normalized spacial score (nSPS) is 12.0. The molecule has 1 N–H and O–H groups in total. The lowest BCUT2D eigenvalue weighted by Gasteiger charge is -2.16. The third-order valence-corrected chi connectivity index (χ3v) is 4.15. The zero-order valence-electron chi connectivity index (χ0n) is 14.0. The molecule has 1 unspecified atom stereocenters. The van der Waals surface area contributed by atoms with Gasteiger partial charge in [0.1, 0.15) is 5.75 Å². The molecule has 3 heteroatoms. The van der Waals surface area contributed by atoms with Crippen molar-refractivity contribution in [1.82, 2.24) is 0 Å². The summed E-state index contributed by atoms with van der Waals surface area (Å²) in [5.74, 6) is -0.334. The Kier molecular flexibility index (Phi) is 5.80. The van der Waals surface area contributed by atoms with Crippen LogP contribution < -0.4 is 4.74 Å². The second-order valence-electron chi connectivity index (χ2n) is 5.96. The lowest BCUT2D eigenvalue weighted by Crippen LogP contribution is -2.14. The number of aryl methyl sites for hydroxylation is 3. The van der Waals surface area contributed by atoms with Crippen molar-refractivity contribution >= 4 is 5.97 Å². The first kappa shape index (κ1) is 17.1. The molecular weight excluding hydrogens is 288 g/mol. The van der Waals surface area contributed by atoms with Crippen molar-refractivity contribution in [1.29, 1.82) is 0 Å². The fraction of sp³-hybridized carbons (Fsp3) is 0.350. The van der Waals surface area contributed by atoms with E-state index in [1.54, 1.807) is 0 Å². The first-order valence-corrected chi connectivity index (χ1v) is 7.98. The van der Waals surface area contributed by atoms with Crippen molar-refractivity contribution in [2.45, 2.75) is 39.5 Å². The largest absolute Gasteiger partial charge is 0.493 e. The molecule has 0 radical (unpaired) electrons. The summed E-state index contributed by atoms with van der Waals surface area (Å²) >= 11 is 0. The maximum absolute atomic E-state index is 11.6. The highest BCUT2D eigenvalue weighted by molar-refractivity contribution is 5.76. The van der Waals surface area contributed by atoms with E-state index in [0.29, 0.717) is 19.4 Å². The zero-order chi connectivity index (χ0) is 16.8. The molecule has 0 fully saturated rings. The fourth-order valence-corrected chi connectivity index (χ4v) is 2.88. The molecule has 0 aliphatic carbocycles. The van der Waals surface area contributed by atoms with Gasteiger partial charge in [0.2, 0.25) is 0 Å². The molecular formula is C20H24O3. The Bertz CT molecular complexity index is 656. The van der Waals surface area contributed by atoms with Crippen LogP contribution in [0.3, 0.4) is 0 Å². The van der Waals surface area contributed by atoms with Gasteiger partial charge in [0, 0.05) is 0 Å². The number of para-hydroxylation sites is 1. The van der Waals surface area contributed by atoms with Crippen molar-refractivity contribution in [3.05, 3.63) is 64.7 Å². The molecule has 2 aromatic carbocycles. The number of hydrogen-bond donors (Lipinski definition) is 1. The number of benzene rings is 2. The summed E-state index contributed by atoms with van der Waals surface area (Å²) in [6, 6.07) is 13.7. The van der Waals surface area contributed by atoms with E-state index in [4.69, 9.17) is 4.74 Å². The van der Waals surface area contributed by atoms with Crippen molar-refractivity contribution < 1.29 is 14.6 Å². The van der Waals surface area contributed by atoms with Crippen LogP contribution in [0.2, 0.25) is 0 Å². The van der Waals surface area contributed by atoms with E-state index in [-0.39, 0.29) is 0 Å². The average Bonchev–Trinajstić information content (AvgIpc) is 2.50. The number of carbonyl (C=O) groups is 1. The van der Waals surface area contributed by atoms with Gasteiger partial charge in [0.05, 0.1) is 12.5 Å². The van der Waals surface area contributed by atoms with Gasteiger partial charge in [0.25, 0.3) is 0 Å². The van der Waals surface area contributed by atoms with Crippen molar-refractivity contribution in [2.75, 3.05) is 6.61 Å². The number of carboxylic acid groups (broad SMARTS) is 1. The molecule has 2 aromatic rings. The second kappa shape index (κ2) is 7.82. The SMILES string of the molecule is Cc1ccccc1C(CCCOc1c(C)cccc1C)C(=O)O. The van der Waals surface area contributed by atoms with Gasteiger partial charge >= 0.3 is 5.97 Å². The van der Waals surface area contributed by atoms with Crippen LogP contribution in [0.15, 0.2) is 42.5 Å². The van der Waals surface area contributed by atoms with Gasteiger partial charge in [-0.05, 0) is 55.9 Å². The van der Waals surface area contributed by atoms with E-state index in [1.165, 1.54) is 0 Å². The Labute approximate surface area is 137 Å². The van der Waals surface area contributed by atoms with Crippen LogP contribution in [0.4, 0.5) is 0 Å². The molecule has 0 saturated carbocycles. The molecule has 122 valence electrons. The number of aliphatic carboxylic acids is 1. The van der Waals surface area contributed by atoms with E-state index in [1.807, 2.05) is 63.2 Å². The van der Waals surface area contributed by atoms with Gasteiger partial charge in [-0.15, -0.1) is 0 Å². The van der Waals surface area contributed by atoms with E-state index >= 15 is 0 Å². The van der Waals surface area contributed by atoms with E-state index in [2.05, 4.69) is 0 Å². The first-order valence-electron chi connectivity index (χ1n) is 7.98. The van der Waals surface area contributed by atoms with Gasteiger partial charge in [-0.2, -0.15) is 0 Å². The minimum atomic E-state index is -0.772. The predicted octanol–water partition coefficient (Wildman–Crippen LogP) is 4.64. The van der Waals surface area contributed by atoms with Crippen LogP contribution in [-0.4, -0.2) is 17.7 Å². The van der Waals surface area contributed by atoms with Crippen molar-refractivity contribution in [3.8, 4) is 5.75 Å². The third kappa shape index (κ3) is 4.35. The average molecular weight is 312 g/mol. The summed E-state index contributed by atoms with van der Waals surface area (Å²) in [4.78, 5) is 11.6. The maximum Gasteiger partial charge on any atom is 0.310 e. The number of ether oxygens (including phenoxy) is 1. The summed E-state index contributed by atoms with van der Waals surface area (Å²) in [7, 11) is 0. The van der Waals surface area contributed by atoms with Crippen LogP contribution in [0.1, 0.15) is 41.0 Å². The van der Waals surface area contributed by atoms with Crippen LogP contribution in [-0.2, 0) is 4.79 Å². The Morgan fingerprint density at radius 2 is 1.61 bits per heavy atom. The number of carboxylic acids is 1. The molecule has 0 bridgehead atoms. The van der Waals surface area contributed by atoms with Gasteiger partial charge in [0.15, 0.2) is 0 Å². The first-order chi connectivity index (χ1) is 11.0. The highest BCUT2D eigenvalue weighted by Crippen LogP contribution is 2.26. The van der Waals surface area contributed by atoms with Crippen molar-refractivity contribution in [3.63, 3.8) is 0 Å². The molecule has 0 aromatic heterocycles. The lowest BCUT2D eigenvalue weighted by atomic mass is 9.91. The van der Waals surface area contributed by atoms with E-state index in [9.17, 15) is 9.90 Å². The molecule has 1 atom stereocenters. The molecule has 0 amide bonds. The number of rotatable bonds is 7. The standard InChI is InChI=1S/C20H24O3/c1-14-8-4-5-11-17(14)18(20(21)22)12-7-13-23-19-15(2)9-6-10-16(19)3/h4-6,8-11,18H,7,12-13H2,1-3H3,(H,21,22). The van der Waals surface area contributed by atoms with E-state index in [0.717, 1.165) is 28.0 Å². The fourth-order valence-electron chi connectivity index (χ4n) is 2.88. The molecule has 23 heavy (non-hydrogen) atoms. The summed E-state index contributed by atoms with van der Waals surface area (Å²) in [5.41, 5.74) is 4.14. The molecule has 0 aliphatic rings. The van der Waals surface area contributed by atoms with Crippen LogP contribution in [0.25, 0.3) is 0 Å². The molecule has 3 nitrogen and oxygen atoms in total. The number of hydrogen-bond acceptors (Lipinski definition) is 2. The Morgan fingerprint density at radius 3 is 2.22 bits per heavy atom. The highest BCUT2D eigenvalue weighted by Gasteiger charge is 2.20. The summed E-state index contributed by atoms with van der Waals surface area (Å²) in [5, 5.41) is 9.51. The van der Waals surface area contributed by atoms with Crippen LogP contribution in [0, 0.1) is 20.8 Å². The highest BCUT2D eigenvalue weighted by atomic mass is 16.5. The lowest BCUT2D eigenvalue weighted by molar-refractivity contribution is -0.139. The van der Waals surface area contributed by atoms with Crippen LogP contribution in [0.5, 0.6) is 5.75 Å². The maximum atomic E-state index is 11.6. The molecule has 0 spiro atoms. The minimum Gasteiger partial charge on any atom is -0.493 e. The Morgan fingerprint density at radius 1 is 1.00 bits per heavy atom. The minimum absolute atomic E-state index is 0.474. The molecule has 0 saturated heterocycles. The molecule has 2 rings (SSSR count). The van der Waals surface area contributed by atoms with E-state index < -0.39 is 11.9 Å². The Balaban J connectivity index is 1.96. The van der Waals surface area contributed by atoms with Gasteiger partial charge < -0.3 is 9.84 Å². The topological polar surface area (TPSA) is 46.5 Å². The predicted molar refractivity (Wildman–Crippen MR) is 92.2 cm³/mol. The monoisotopic (exact) mass is 312 g/mol. The molecule has 0 aliphatic heterocycles. The third-order valence-electron chi connectivity index (χ3n) is 4.15. The summed E-state index contributed by atoms with van der Waals surface area (Å²) < 4.78 is 5.87. The second-order valence-corrected chi connectivity index (χ2v) is 5.96. The smallest absolute Gasteiger partial charge is 0.310 e. The van der Waals surface area contributed by atoms with Gasteiger partial charge in [-0.3, -0.25) is 4.79 Å². The van der Waals surface area contributed by atoms with Crippen LogP contribution >= 0.6 is 0 Å². The molecule has 0 heterocycles. The summed E-state index contributed by atoms with van der Waals surface area (Å²) in [6.45, 7) is 6.53. The van der Waals surface area contributed by atoms with Gasteiger partial charge in [-0.1, -0.05) is 42.5 Å². The zero-order valence-corrected chi connectivity index (χ0v) is 14.0. The van der Waals surface area contributed by atoms with Crippen molar-refractivity contribution in [2.24, 2.45) is 0 Å². The Hall–Kier alpha value is -2.29. The quantitative estimate of drug-likeness (QED) is 0.758. The summed E-state index contributed by atoms with van der Waals surface area (Å²) in [6.07, 6.45) is 1.28.